The monoisotopic (exact) mass is 292 g/mol. The molecule has 0 radical (unpaired) electrons. The molecule has 3 heterocycles. The average Bonchev–Trinajstić information content (AvgIpc) is 2.97. The fourth-order valence-electron chi connectivity index (χ4n) is 3.18. The Balaban J connectivity index is 1.61. The molecule has 0 aliphatic carbocycles. The third-order valence-corrected chi connectivity index (χ3v) is 4.38. The lowest BCUT2D eigenvalue weighted by molar-refractivity contribution is 0.683. The molecule has 1 aliphatic heterocycles. The van der Waals surface area contributed by atoms with Crippen LogP contribution in [-0.4, -0.2) is 21.0 Å². The van der Waals surface area contributed by atoms with Crippen molar-refractivity contribution in [1.29, 1.82) is 0 Å². The van der Waals surface area contributed by atoms with E-state index in [9.17, 15) is 0 Å². The number of aromatic nitrogens is 3. The van der Waals surface area contributed by atoms with Crippen molar-refractivity contribution in [2.45, 2.75) is 38.6 Å². The van der Waals surface area contributed by atoms with Gasteiger partial charge in [-0.2, -0.15) is 0 Å². The summed E-state index contributed by atoms with van der Waals surface area (Å²) >= 11 is 0. The molecule has 0 saturated heterocycles. The zero-order valence-electron chi connectivity index (χ0n) is 12.8. The number of rotatable bonds is 3. The van der Waals surface area contributed by atoms with Crippen LogP contribution in [-0.2, 0) is 19.3 Å². The molecule has 2 N–H and O–H groups in total. The highest BCUT2D eigenvalue weighted by Gasteiger charge is 2.18. The third kappa shape index (κ3) is 2.45. The largest absolute Gasteiger partial charge is 0.382 e. The van der Waals surface area contributed by atoms with E-state index in [1.165, 1.54) is 17.7 Å². The Morgan fingerprint density at radius 2 is 2.14 bits per heavy atom. The minimum Gasteiger partial charge on any atom is -0.382 e. The highest BCUT2D eigenvalue weighted by Crippen LogP contribution is 2.30. The van der Waals surface area contributed by atoms with Gasteiger partial charge in [0.1, 0.15) is 5.82 Å². The molecule has 0 unspecified atom stereocenters. The lowest BCUT2D eigenvalue weighted by Crippen LogP contribution is -2.21. The van der Waals surface area contributed by atoms with Crippen LogP contribution in [0.2, 0.25) is 0 Å². The Morgan fingerprint density at radius 3 is 3.00 bits per heavy atom. The van der Waals surface area contributed by atoms with Gasteiger partial charge in [0.2, 0.25) is 0 Å². The van der Waals surface area contributed by atoms with Gasteiger partial charge in [-0.25, -0.2) is 4.98 Å². The number of aromatic amines is 1. The fraction of sp³-hybridized carbons (Fsp3) is 0.333. The van der Waals surface area contributed by atoms with E-state index in [-0.39, 0.29) is 0 Å². The van der Waals surface area contributed by atoms with Gasteiger partial charge in [-0.1, -0.05) is 6.07 Å². The number of hydrogen-bond donors (Lipinski definition) is 2. The molecular weight excluding hydrogens is 272 g/mol. The topological polar surface area (TPSA) is 53.6 Å². The van der Waals surface area contributed by atoms with Crippen LogP contribution in [0, 0.1) is 0 Å². The quantitative estimate of drug-likeness (QED) is 0.777. The van der Waals surface area contributed by atoms with Gasteiger partial charge >= 0.3 is 0 Å². The normalized spacial score (nSPS) is 17.2. The van der Waals surface area contributed by atoms with E-state index in [1.54, 1.807) is 0 Å². The summed E-state index contributed by atoms with van der Waals surface area (Å²) in [5.74, 6) is 1.05. The van der Waals surface area contributed by atoms with Gasteiger partial charge in [-0.3, -0.25) is 4.98 Å². The van der Waals surface area contributed by atoms with Crippen molar-refractivity contribution in [3.05, 3.63) is 53.6 Å². The maximum Gasteiger partial charge on any atom is 0.107 e. The van der Waals surface area contributed by atoms with Crippen molar-refractivity contribution >= 4 is 16.7 Å². The highest BCUT2D eigenvalue weighted by atomic mass is 15.0. The van der Waals surface area contributed by atoms with Crippen LogP contribution in [0.4, 0.5) is 5.69 Å². The molecule has 4 heteroatoms. The number of nitrogens with zero attached hydrogens (tertiary/aromatic N) is 2. The number of H-pyrrole nitrogens is 1. The minimum absolute atomic E-state index is 0.549. The Morgan fingerprint density at radius 1 is 1.18 bits per heavy atom. The Hall–Kier alpha value is -2.36. The zero-order chi connectivity index (χ0) is 14.9. The summed E-state index contributed by atoms with van der Waals surface area (Å²) in [6.07, 6.45) is 5.92. The van der Waals surface area contributed by atoms with E-state index in [0.717, 1.165) is 41.8 Å². The standard InChI is InChI=1S/C18H20N4/c1-12-5-7-14-15(20-12)8-9-16-18(14)22-17(21-16)10-6-13-4-2-3-11-19-13/h2-4,8-9,11-12,20H,5-7,10H2,1H3,(H,21,22)/t12-/m0/s1. The van der Waals surface area contributed by atoms with E-state index >= 15 is 0 Å². The van der Waals surface area contributed by atoms with Gasteiger partial charge < -0.3 is 10.3 Å². The molecule has 0 amide bonds. The van der Waals surface area contributed by atoms with E-state index in [2.05, 4.69) is 40.4 Å². The van der Waals surface area contributed by atoms with Crippen LogP contribution < -0.4 is 5.32 Å². The second kappa shape index (κ2) is 5.44. The highest BCUT2D eigenvalue weighted by molar-refractivity contribution is 5.85. The van der Waals surface area contributed by atoms with Crippen LogP contribution >= 0.6 is 0 Å². The first-order valence-electron chi connectivity index (χ1n) is 7.96. The summed E-state index contributed by atoms with van der Waals surface area (Å²) in [4.78, 5) is 12.7. The molecule has 0 spiro atoms. The molecule has 3 aromatic rings. The second-order valence-electron chi connectivity index (χ2n) is 6.08. The number of benzene rings is 1. The predicted octanol–water partition coefficient (Wildman–Crippen LogP) is 3.49. The smallest absolute Gasteiger partial charge is 0.107 e. The molecule has 0 saturated carbocycles. The van der Waals surface area contributed by atoms with Crippen molar-refractivity contribution in [2.24, 2.45) is 0 Å². The van der Waals surface area contributed by atoms with Gasteiger partial charge in [-0.15, -0.1) is 0 Å². The Labute approximate surface area is 130 Å². The first-order valence-corrected chi connectivity index (χ1v) is 7.96. The van der Waals surface area contributed by atoms with Crippen molar-refractivity contribution < 1.29 is 0 Å². The van der Waals surface area contributed by atoms with Gasteiger partial charge in [-0.05, 0) is 50.5 Å². The summed E-state index contributed by atoms with van der Waals surface area (Å²) in [7, 11) is 0. The van der Waals surface area contributed by atoms with Crippen molar-refractivity contribution in [2.75, 3.05) is 5.32 Å². The summed E-state index contributed by atoms with van der Waals surface area (Å²) in [5.41, 5.74) is 5.99. The van der Waals surface area contributed by atoms with Crippen LogP contribution in [0.5, 0.6) is 0 Å². The van der Waals surface area contributed by atoms with E-state index in [0.29, 0.717) is 6.04 Å². The predicted molar refractivity (Wildman–Crippen MR) is 89.1 cm³/mol. The summed E-state index contributed by atoms with van der Waals surface area (Å²) in [5, 5.41) is 3.56. The molecule has 22 heavy (non-hydrogen) atoms. The second-order valence-corrected chi connectivity index (χ2v) is 6.08. The Kier molecular flexibility index (Phi) is 3.29. The molecule has 2 aromatic heterocycles. The maximum atomic E-state index is 4.84. The molecule has 4 nitrogen and oxygen atoms in total. The maximum absolute atomic E-state index is 4.84. The molecule has 1 atom stereocenters. The molecular formula is C18H20N4. The molecule has 4 rings (SSSR count). The van der Waals surface area contributed by atoms with E-state index in [4.69, 9.17) is 4.98 Å². The van der Waals surface area contributed by atoms with Crippen molar-refractivity contribution in [3.63, 3.8) is 0 Å². The first kappa shape index (κ1) is 13.3. The average molecular weight is 292 g/mol. The van der Waals surface area contributed by atoms with Gasteiger partial charge in [0.15, 0.2) is 0 Å². The summed E-state index contributed by atoms with van der Waals surface area (Å²) in [6, 6.07) is 10.9. The Bertz CT molecular complexity index is 791. The van der Waals surface area contributed by atoms with Crippen molar-refractivity contribution in [1.82, 2.24) is 15.0 Å². The lowest BCUT2D eigenvalue weighted by atomic mass is 9.98. The first-order chi connectivity index (χ1) is 10.8. The number of aryl methyl sites for hydroxylation is 3. The number of imidazole rings is 1. The molecule has 112 valence electrons. The number of fused-ring (bicyclic) bond motifs is 3. The summed E-state index contributed by atoms with van der Waals surface area (Å²) in [6.45, 7) is 2.23. The van der Waals surface area contributed by atoms with Gasteiger partial charge in [0, 0.05) is 35.6 Å². The molecule has 0 fully saturated rings. The molecule has 1 aromatic carbocycles. The number of hydrogen-bond acceptors (Lipinski definition) is 3. The lowest BCUT2D eigenvalue weighted by Gasteiger charge is -2.24. The number of nitrogens with one attached hydrogen (secondary N) is 2. The van der Waals surface area contributed by atoms with E-state index < -0.39 is 0 Å². The number of pyridine rings is 1. The van der Waals surface area contributed by atoms with Gasteiger partial charge in [0.25, 0.3) is 0 Å². The van der Waals surface area contributed by atoms with Crippen LogP contribution in [0.3, 0.4) is 0 Å². The molecule has 1 aliphatic rings. The summed E-state index contributed by atoms with van der Waals surface area (Å²) < 4.78 is 0. The number of anilines is 1. The fourth-order valence-corrected chi connectivity index (χ4v) is 3.18. The minimum atomic E-state index is 0.549. The van der Waals surface area contributed by atoms with Crippen LogP contribution in [0.25, 0.3) is 11.0 Å². The zero-order valence-corrected chi connectivity index (χ0v) is 12.8. The SMILES string of the molecule is C[C@H]1CCc2c(ccc3[nH]c(CCc4ccccn4)nc23)N1. The molecule has 0 bridgehead atoms. The van der Waals surface area contributed by atoms with Crippen molar-refractivity contribution in [3.8, 4) is 0 Å². The van der Waals surface area contributed by atoms with Crippen LogP contribution in [0.15, 0.2) is 36.5 Å². The van der Waals surface area contributed by atoms with Gasteiger partial charge in [0.05, 0.1) is 11.0 Å². The third-order valence-electron chi connectivity index (χ3n) is 4.38. The van der Waals surface area contributed by atoms with E-state index in [1.807, 2.05) is 18.3 Å². The van der Waals surface area contributed by atoms with Crippen LogP contribution in [0.1, 0.15) is 30.4 Å².